The Hall–Kier alpha value is -0.710. The van der Waals surface area contributed by atoms with E-state index in [1.807, 2.05) is 24.3 Å². The Morgan fingerprint density at radius 2 is 2.19 bits per heavy atom. The van der Waals surface area contributed by atoms with Gasteiger partial charge in [0.25, 0.3) is 0 Å². The zero-order valence-corrected chi connectivity index (χ0v) is 14.1. The molecule has 1 saturated carbocycles. The Kier molecular flexibility index (Phi) is 5.97. The Morgan fingerprint density at radius 1 is 1.48 bits per heavy atom. The molecule has 0 saturated heterocycles. The molecule has 1 aliphatic rings. The second-order valence-electron chi connectivity index (χ2n) is 5.38. The third-order valence-electron chi connectivity index (χ3n) is 3.81. The molecule has 0 aromatic heterocycles. The smallest absolute Gasteiger partial charge is 0.327 e. The van der Waals surface area contributed by atoms with E-state index in [1.54, 1.807) is 11.8 Å². The van der Waals surface area contributed by atoms with Gasteiger partial charge in [0.1, 0.15) is 5.54 Å². The number of esters is 1. The van der Waals surface area contributed by atoms with Crippen LogP contribution < -0.4 is 5.32 Å². The molecule has 0 heterocycles. The summed E-state index contributed by atoms with van der Waals surface area (Å²) in [6.45, 7) is 2.91. The molecule has 1 unspecified atom stereocenters. The number of benzene rings is 1. The van der Waals surface area contributed by atoms with Crippen LogP contribution in [0, 0.1) is 5.92 Å². The molecule has 21 heavy (non-hydrogen) atoms. The summed E-state index contributed by atoms with van der Waals surface area (Å²) in [7, 11) is 1.47. The first-order valence-electron chi connectivity index (χ1n) is 7.35. The average molecular weight is 328 g/mol. The fourth-order valence-corrected chi connectivity index (χ4v) is 3.99. The molecule has 0 amide bonds. The lowest BCUT2D eigenvalue weighted by molar-refractivity contribution is -0.148. The van der Waals surface area contributed by atoms with Crippen molar-refractivity contribution in [2.75, 3.05) is 19.4 Å². The fourth-order valence-electron chi connectivity index (χ4n) is 2.47. The number of rotatable bonds is 8. The molecule has 2 rings (SSSR count). The number of nitrogens with one attached hydrogen (secondary N) is 1. The molecular weight excluding hydrogens is 306 g/mol. The zero-order valence-electron chi connectivity index (χ0n) is 12.5. The Morgan fingerprint density at radius 3 is 2.76 bits per heavy atom. The monoisotopic (exact) mass is 327 g/mol. The van der Waals surface area contributed by atoms with E-state index in [4.69, 9.17) is 16.3 Å². The van der Waals surface area contributed by atoms with Gasteiger partial charge in [0.2, 0.25) is 0 Å². The van der Waals surface area contributed by atoms with E-state index >= 15 is 0 Å². The van der Waals surface area contributed by atoms with Gasteiger partial charge in [-0.25, -0.2) is 0 Å². The molecule has 5 heteroatoms. The predicted octanol–water partition coefficient (Wildman–Crippen LogP) is 3.75. The number of carbonyl (C=O) groups is 1. The largest absolute Gasteiger partial charge is 0.468 e. The maximum absolute atomic E-state index is 12.4. The lowest BCUT2D eigenvalue weighted by atomic mass is 9.95. The van der Waals surface area contributed by atoms with Gasteiger partial charge < -0.3 is 10.1 Å². The van der Waals surface area contributed by atoms with Crippen molar-refractivity contribution in [2.24, 2.45) is 5.92 Å². The number of hydrogen-bond donors (Lipinski definition) is 1. The van der Waals surface area contributed by atoms with Crippen molar-refractivity contribution in [2.45, 2.75) is 36.6 Å². The first-order chi connectivity index (χ1) is 10.1. The first kappa shape index (κ1) is 16.7. The highest BCUT2D eigenvalue weighted by Gasteiger charge is 2.51. The summed E-state index contributed by atoms with van der Waals surface area (Å²) < 4.78 is 5.08. The van der Waals surface area contributed by atoms with Crippen molar-refractivity contribution in [3.05, 3.63) is 29.3 Å². The molecule has 1 N–H and O–H groups in total. The number of thioether (sulfide) groups is 1. The van der Waals surface area contributed by atoms with Crippen LogP contribution in [0.25, 0.3) is 0 Å². The van der Waals surface area contributed by atoms with Gasteiger partial charge in [-0.05, 0) is 43.9 Å². The summed E-state index contributed by atoms with van der Waals surface area (Å²) in [5.41, 5.74) is -0.589. The number of methoxy groups -OCH3 is 1. The van der Waals surface area contributed by atoms with Crippen molar-refractivity contribution in [3.63, 3.8) is 0 Å². The molecule has 1 aromatic rings. The topological polar surface area (TPSA) is 38.3 Å². The molecule has 0 aliphatic heterocycles. The predicted molar refractivity (Wildman–Crippen MR) is 87.9 cm³/mol. The summed E-state index contributed by atoms with van der Waals surface area (Å²) in [5, 5.41) is 4.18. The minimum atomic E-state index is -0.589. The molecule has 1 aliphatic carbocycles. The SMILES string of the molecule is CCCNC(CSc1ccccc1Cl)(C(=O)OC)C1CC1. The maximum Gasteiger partial charge on any atom is 0.327 e. The van der Waals surface area contributed by atoms with Gasteiger partial charge in [-0.3, -0.25) is 4.79 Å². The molecule has 1 aromatic carbocycles. The van der Waals surface area contributed by atoms with Gasteiger partial charge in [0.05, 0.1) is 12.1 Å². The number of carbonyl (C=O) groups excluding carboxylic acids is 1. The van der Waals surface area contributed by atoms with E-state index in [2.05, 4.69) is 12.2 Å². The first-order valence-corrected chi connectivity index (χ1v) is 8.71. The van der Waals surface area contributed by atoms with E-state index in [0.717, 1.165) is 35.7 Å². The van der Waals surface area contributed by atoms with Gasteiger partial charge >= 0.3 is 5.97 Å². The molecule has 1 atom stereocenters. The highest BCUT2D eigenvalue weighted by molar-refractivity contribution is 7.99. The van der Waals surface area contributed by atoms with Crippen LogP contribution in [0.15, 0.2) is 29.2 Å². The lowest BCUT2D eigenvalue weighted by Gasteiger charge is -2.32. The second-order valence-corrected chi connectivity index (χ2v) is 6.81. The van der Waals surface area contributed by atoms with E-state index in [-0.39, 0.29) is 5.97 Å². The third-order valence-corrected chi connectivity index (χ3v) is 5.51. The molecule has 116 valence electrons. The Labute approximate surface area is 135 Å². The van der Waals surface area contributed by atoms with Crippen LogP contribution in [0.4, 0.5) is 0 Å². The molecule has 1 fully saturated rings. The minimum Gasteiger partial charge on any atom is -0.468 e. The van der Waals surface area contributed by atoms with Crippen LogP contribution in [0.5, 0.6) is 0 Å². The Balaban J connectivity index is 2.15. The number of ether oxygens (including phenoxy) is 1. The van der Waals surface area contributed by atoms with E-state index in [0.29, 0.717) is 11.7 Å². The number of halogens is 1. The summed E-state index contributed by atoms with van der Waals surface area (Å²) in [6, 6.07) is 7.74. The van der Waals surface area contributed by atoms with Crippen LogP contribution in [0.2, 0.25) is 5.02 Å². The van der Waals surface area contributed by atoms with Crippen molar-refractivity contribution in [1.82, 2.24) is 5.32 Å². The van der Waals surface area contributed by atoms with Gasteiger partial charge in [-0.15, -0.1) is 11.8 Å². The summed E-state index contributed by atoms with van der Waals surface area (Å²) in [6.07, 6.45) is 3.14. The van der Waals surface area contributed by atoms with Crippen molar-refractivity contribution < 1.29 is 9.53 Å². The minimum absolute atomic E-state index is 0.155. The highest BCUT2D eigenvalue weighted by atomic mass is 35.5. The molecule has 0 bridgehead atoms. The second kappa shape index (κ2) is 7.52. The zero-order chi connectivity index (χ0) is 15.3. The van der Waals surface area contributed by atoms with Crippen LogP contribution >= 0.6 is 23.4 Å². The number of hydrogen-bond acceptors (Lipinski definition) is 4. The van der Waals surface area contributed by atoms with Crippen molar-refractivity contribution in [3.8, 4) is 0 Å². The van der Waals surface area contributed by atoms with E-state index in [1.165, 1.54) is 7.11 Å². The maximum atomic E-state index is 12.4. The van der Waals surface area contributed by atoms with E-state index in [9.17, 15) is 4.79 Å². The van der Waals surface area contributed by atoms with Crippen LogP contribution in [-0.4, -0.2) is 30.9 Å². The third kappa shape index (κ3) is 3.93. The molecule has 0 spiro atoms. The van der Waals surface area contributed by atoms with Crippen LogP contribution in [0.3, 0.4) is 0 Å². The van der Waals surface area contributed by atoms with Crippen LogP contribution in [-0.2, 0) is 9.53 Å². The average Bonchev–Trinajstić information content (AvgIpc) is 3.34. The summed E-state index contributed by atoms with van der Waals surface area (Å²) in [5.74, 6) is 0.859. The van der Waals surface area contributed by atoms with Gasteiger partial charge in [-0.2, -0.15) is 0 Å². The standard InChI is InChI=1S/C16H22ClNO2S/c1-3-10-18-16(12-8-9-12,15(19)20-2)11-21-14-7-5-4-6-13(14)17/h4-7,12,18H,3,8-11H2,1-2H3. The quantitative estimate of drug-likeness (QED) is 0.583. The van der Waals surface area contributed by atoms with Gasteiger partial charge in [0.15, 0.2) is 0 Å². The molecule has 0 radical (unpaired) electrons. The van der Waals surface area contributed by atoms with E-state index < -0.39 is 5.54 Å². The summed E-state index contributed by atoms with van der Waals surface area (Å²) in [4.78, 5) is 13.4. The normalized spacial score (nSPS) is 17.3. The van der Waals surface area contributed by atoms with Crippen LogP contribution in [0.1, 0.15) is 26.2 Å². The van der Waals surface area contributed by atoms with Gasteiger partial charge in [0, 0.05) is 10.6 Å². The summed E-state index contributed by atoms with van der Waals surface area (Å²) >= 11 is 7.83. The lowest BCUT2D eigenvalue weighted by Crippen LogP contribution is -2.57. The molecule has 3 nitrogen and oxygen atoms in total. The van der Waals surface area contributed by atoms with Crippen molar-refractivity contribution >= 4 is 29.3 Å². The Bertz CT molecular complexity index is 493. The fraction of sp³-hybridized carbons (Fsp3) is 0.562. The van der Waals surface area contributed by atoms with Gasteiger partial charge in [-0.1, -0.05) is 30.7 Å². The van der Waals surface area contributed by atoms with Crippen molar-refractivity contribution in [1.29, 1.82) is 0 Å². The molecular formula is C16H22ClNO2S. The highest BCUT2D eigenvalue weighted by Crippen LogP contribution is 2.43.